The fourth-order valence-corrected chi connectivity index (χ4v) is 2.09. The molecular formula is C17H33NO3. The van der Waals surface area contributed by atoms with Crippen LogP contribution in [0.4, 0.5) is 4.79 Å². The Bertz CT molecular complexity index is 272. The van der Waals surface area contributed by atoms with Crippen molar-refractivity contribution in [2.75, 3.05) is 6.54 Å². The van der Waals surface area contributed by atoms with E-state index >= 15 is 0 Å². The van der Waals surface area contributed by atoms with Crippen molar-refractivity contribution in [1.82, 2.24) is 5.32 Å². The van der Waals surface area contributed by atoms with E-state index in [0.29, 0.717) is 13.0 Å². The summed E-state index contributed by atoms with van der Waals surface area (Å²) in [7, 11) is 0. The summed E-state index contributed by atoms with van der Waals surface area (Å²) >= 11 is 0. The van der Waals surface area contributed by atoms with E-state index in [-0.39, 0.29) is 6.09 Å². The van der Waals surface area contributed by atoms with Gasteiger partial charge >= 0.3 is 6.09 Å². The molecule has 4 nitrogen and oxygen atoms in total. The molecule has 0 atom stereocenters. The highest BCUT2D eigenvalue weighted by atomic mass is 16.6. The number of nitrogens with one attached hydrogen (secondary N) is 1. The van der Waals surface area contributed by atoms with E-state index in [1.807, 2.05) is 20.8 Å². The molecule has 0 saturated heterocycles. The molecule has 0 spiro atoms. The number of hydrogen-bond acceptors (Lipinski definition) is 3. The van der Waals surface area contributed by atoms with Crippen LogP contribution in [0, 0.1) is 0 Å². The Kier molecular flexibility index (Phi) is 12.0. The van der Waals surface area contributed by atoms with Crippen molar-refractivity contribution in [1.29, 1.82) is 0 Å². The number of ether oxygens (including phenoxy) is 1. The third-order valence-electron chi connectivity index (χ3n) is 3.17. The number of aldehydes is 1. The number of carbonyl (C=O) groups is 2. The number of alkyl carbamates (subject to hydrolysis) is 1. The predicted octanol–water partition coefficient (Wildman–Crippen LogP) is 4.61. The maximum atomic E-state index is 11.4. The van der Waals surface area contributed by atoms with Gasteiger partial charge in [-0.05, 0) is 33.6 Å². The Hall–Kier alpha value is -1.06. The summed E-state index contributed by atoms with van der Waals surface area (Å²) in [5, 5.41) is 2.78. The fourth-order valence-electron chi connectivity index (χ4n) is 2.09. The number of amides is 1. The standard InChI is InChI=1S/C17H33NO3/c1-17(2,3)21-16(20)18-14-12-10-8-6-4-5-7-9-11-13-15-19/h15H,4-14H2,1-3H3,(H,18,20). The Morgan fingerprint density at radius 1 is 0.905 bits per heavy atom. The van der Waals surface area contributed by atoms with Crippen LogP contribution < -0.4 is 5.32 Å². The molecule has 0 aromatic heterocycles. The lowest BCUT2D eigenvalue weighted by Crippen LogP contribution is -2.32. The van der Waals surface area contributed by atoms with Crippen LogP contribution in [0.3, 0.4) is 0 Å². The Morgan fingerprint density at radius 2 is 1.38 bits per heavy atom. The minimum atomic E-state index is -0.421. The molecule has 0 saturated carbocycles. The fraction of sp³-hybridized carbons (Fsp3) is 0.882. The summed E-state index contributed by atoms with van der Waals surface area (Å²) in [5.74, 6) is 0. The smallest absolute Gasteiger partial charge is 0.407 e. The lowest BCUT2D eigenvalue weighted by atomic mass is 10.1. The summed E-state index contributed by atoms with van der Waals surface area (Å²) in [4.78, 5) is 21.5. The van der Waals surface area contributed by atoms with Gasteiger partial charge < -0.3 is 14.8 Å². The lowest BCUT2D eigenvalue weighted by molar-refractivity contribution is -0.107. The monoisotopic (exact) mass is 299 g/mol. The van der Waals surface area contributed by atoms with Crippen LogP contribution in [0.25, 0.3) is 0 Å². The molecule has 4 heteroatoms. The van der Waals surface area contributed by atoms with Crippen LogP contribution in [0.5, 0.6) is 0 Å². The predicted molar refractivity (Wildman–Crippen MR) is 86.5 cm³/mol. The topological polar surface area (TPSA) is 55.4 Å². The van der Waals surface area contributed by atoms with Gasteiger partial charge in [0.25, 0.3) is 0 Å². The molecule has 0 unspecified atom stereocenters. The largest absolute Gasteiger partial charge is 0.444 e. The zero-order valence-corrected chi connectivity index (χ0v) is 14.1. The number of hydrogen-bond donors (Lipinski definition) is 1. The number of carbonyl (C=O) groups excluding carboxylic acids is 2. The molecule has 124 valence electrons. The number of unbranched alkanes of at least 4 members (excludes halogenated alkanes) is 9. The van der Waals surface area contributed by atoms with Crippen LogP contribution >= 0.6 is 0 Å². The molecule has 1 N–H and O–H groups in total. The van der Waals surface area contributed by atoms with Crippen molar-refractivity contribution >= 4 is 12.4 Å². The summed E-state index contributed by atoms with van der Waals surface area (Å²) < 4.78 is 5.17. The van der Waals surface area contributed by atoms with Crippen LogP contribution in [-0.2, 0) is 9.53 Å². The van der Waals surface area contributed by atoms with Crippen molar-refractivity contribution < 1.29 is 14.3 Å². The summed E-state index contributed by atoms with van der Waals surface area (Å²) in [6.07, 6.45) is 12.1. The molecule has 0 radical (unpaired) electrons. The summed E-state index contributed by atoms with van der Waals surface area (Å²) in [6.45, 7) is 6.29. The molecule has 0 aliphatic heterocycles. The first-order chi connectivity index (χ1) is 9.95. The van der Waals surface area contributed by atoms with Crippen LogP contribution in [-0.4, -0.2) is 24.5 Å². The van der Waals surface area contributed by atoms with Crippen molar-refractivity contribution in [2.45, 2.75) is 90.6 Å². The Morgan fingerprint density at radius 3 is 1.86 bits per heavy atom. The molecule has 0 bridgehead atoms. The molecule has 1 amide bonds. The van der Waals surface area contributed by atoms with Crippen molar-refractivity contribution in [3.05, 3.63) is 0 Å². The summed E-state index contributed by atoms with van der Waals surface area (Å²) in [5.41, 5.74) is -0.421. The Balaban J connectivity index is 3.19. The van der Waals surface area contributed by atoms with Crippen LogP contribution in [0.1, 0.15) is 85.0 Å². The minimum absolute atomic E-state index is 0.321. The van der Waals surface area contributed by atoms with Gasteiger partial charge in [-0.15, -0.1) is 0 Å². The maximum absolute atomic E-state index is 11.4. The van der Waals surface area contributed by atoms with Gasteiger partial charge in [0.2, 0.25) is 0 Å². The lowest BCUT2D eigenvalue weighted by Gasteiger charge is -2.19. The quantitative estimate of drug-likeness (QED) is 0.423. The molecule has 0 aromatic carbocycles. The average molecular weight is 299 g/mol. The van der Waals surface area contributed by atoms with E-state index in [9.17, 15) is 9.59 Å². The van der Waals surface area contributed by atoms with Gasteiger partial charge in [0.05, 0.1) is 0 Å². The molecule has 0 aliphatic carbocycles. The van der Waals surface area contributed by atoms with Gasteiger partial charge in [-0.25, -0.2) is 4.79 Å². The molecular weight excluding hydrogens is 266 g/mol. The second-order valence-electron chi connectivity index (χ2n) is 6.57. The van der Waals surface area contributed by atoms with E-state index in [4.69, 9.17) is 4.74 Å². The normalized spacial score (nSPS) is 11.2. The van der Waals surface area contributed by atoms with Gasteiger partial charge in [0.1, 0.15) is 11.9 Å². The summed E-state index contributed by atoms with van der Waals surface area (Å²) in [6, 6.07) is 0. The van der Waals surface area contributed by atoms with E-state index in [1.165, 1.54) is 38.5 Å². The zero-order valence-electron chi connectivity index (χ0n) is 14.1. The highest BCUT2D eigenvalue weighted by molar-refractivity contribution is 5.67. The van der Waals surface area contributed by atoms with Gasteiger partial charge in [0.15, 0.2) is 0 Å². The molecule has 21 heavy (non-hydrogen) atoms. The van der Waals surface area contributed by atoms with Crippen molar-refractivity contribution in [3.63, 3.8) is 0 Å². The average Bonchev–Trinajstić information content (AvgIpc) is 2.38. The van der Waals surface area contributed by atoms with Gasteiger partial charge in [-0.2, -0.15) is 0 Å². The number of rotatable bonds is 12. The highest BCUT2D eigenvalue weighted by Gasteiger charge is 2.15. The third-order valence-corrected chi connectivity index (χ3v) is 3.17. The van der Waals surface area contributed by atoms with Gasteiger partial charge in [-0.3, -0.25) is 0 Å². The maximum Gasteiger partial charge on any atom is 0.407 e. The van der Waals surface area contributed by atoms with Crippen LogP contribution in [0.2, 0.25) is 0 Å². The van der Waals surface area contributed by atoms with Gasteiger partial charge in [-0.1, -0.05) is 44.9 Å². The molecule has 0 rings (SSSR count). The Labute approximate surface area is 130 Å². The molecule has 0 fully saturated rings. The first-order valence-corrected chi connectivity index (χ1v) is 8.36. The third kappa shape index (κ3) is 16.9. The first-order valence-electron chi connectivity index (χ1n) is 8.36. The van der Waals surface area contributed by atoms with E-state index in [0.717, 1.165) is 25.5 Å². The molecule has 0 aliphatic rings. The molecule has 0 aromatic rings. The van der Waals surface area contributed by atoms with Crippen molar-refractivity contribution in [3.8, 4) is 0 Å². The minimum Gasteiger partial charge on any atom is -0.444 e. The van der Waals surface area contributed by atoms with E-state index in [2.05, 4.69) is 5.32 Å². The van der Waals surface area contributed by atoms with E-state index < -0.39 is 5.60 Å². The highest BCUT2D eigenvalue weighted by Crippen LogP contribution is 2.10. The first kappa shape index (κ1) is 19.9. The van der Waals surface area contributed by atoms with Crippen molar-refractivity contribution in [2.24, 2.45) is 0 Å². The van der Waals surface area contributed by atoms with Crippen LogP contribution in [0.15, 0.2) is 0 Å². The SMILES string of the molecule is CC(C)(C)OC(=O)NCCCCCCCCCCCC=O. The molecule has 0 heterocycles. The zero-order chi connectivity index (χ0) is 16.0. The second kappa shape index (κ2) is 12.7. The van der Waals surface area contributed by atoms with Gasteiger partial charge in [0, 0.05) is 13.0 Å². The second-order valence-corrected chi connectivity index (χ2v) is 6.57. The van der Waals surface area contributed by atoms with E-state index in [1.54, 1.807) is 0 Å².